The number of benzene rings is 2. The van der Waals surface area contributed by atoms with Gasteiger partial charge in [0, 0.05) is 25.9 Å². The summed E-state index contributed by atoms with van der Waals surface area (Å²) in [6.07, 6.45) is 2.16. The molecule has 0 saturated carbocycles. The molecule has 0 radical (unpaired) electrons. The van der Waals surface area contributed by atoms with Crippen molar-refractivity contribution in [1.29, 1.82) is 0 Å². The number of hydrogen-bond donors (Lipinski definition) is 8. The van der Waals surface area contributed by atoms with Crippen molar-refractivity contribution in [2.45, 2.75) is 193 Å². The predicted molar refractivity (Wildman–Crippen MR) is 296 cm³/mol. The summed E-state index contributed by atoms with van der Waals surface area (Å²) in [7, 11) is -4.59. The molecule has 0 aromatic heterocycles. The summed E-state index contributed by atoms with van der Waals surface area (Å²) in [5.41, 5.74) is 0.992. The van der Waals surface area contributed by atoms with Crippen LogP contribution in [0.5, 0.6) is 0 Å². The molecule has 3 fully saturated rings. The van der Waals surface area contributed by atoms with Crippen LogP contribution in [0.1, 0.15) is 132 Å². The maximum Gasteiger partial charge on any atom is 0.294 e. The van der Waals surface area contributed by atoms with E-state index in [0.717, 1.165) is 12.1 Å². The molecular weight excluding hydrogens is 1030 g/mol. The Morgan fingerprint density at radius 1 is 0.481 bits per heavy atom. The topological polar surface area (TPSA) is 299 Å². The van der Waals surface area contributed by atoms with Crippen LogP contribution in [0.4, 0.5) is 0 Å². The van der Waals surface area contributed by atoms with Gasteiger partial charge in [-0.2, -0.15) is 8.42 Å². The van der Waals surface area contributed by atoms with E-state index in [0.29, 0.717) is 36.8 Å². The minimum Gasteiger partial charge on any atom is -0.343 e. The third-order valence-electron chi connectivity index (χ3n) is 15.4. The highest BCUT2D eigenvalue weighted by Crippen LogP contribution is 2.27. The van der Waals surface area contributed by atoms with Crippen LogP contribution in [-0.4, -0.2) is 143 Å². The SMILES string of the molecule is CC[C@H](C)[C@@H]1NC(=O)[C@H](CC(C)C)NC(=O)[C@H](Cc2ccccc2)NC(=O)[C@H](Cc2ccc(S(=O)(=O)O)cc2)NC(=O)[C@@H]2CCCN2C(=O)[C@@H]2CCCN2C(=O)[C@H](C(C)C)NC(=O)[C@H](CC(C)C)NC(=O)[C@H]([C@@H](C)CC)NC1=O. The maximum absolute atomic E-state index is 14.8. The van der Waals surface area contributed by atoms with Gasteiger partial charge in [0.1, 0.15) is 54.4 Å². The summed E-state index contributed by atoms with van der Waals surface area (Å²) in [4.78, 5) is 134. The highest BCUT2D eigenvalue weighted by atomic mass is 32.2. The molecule has 3 saturated heterocycles. The van der Waals surface area contributed by atoms with Crippen molar-refractivity contribution in [2.75, 3.05) is 13.1 Å². The minimum atomic E-state index is -4.59. The first-order valence-electron chi connectivity index (χ1n) is 28.1. The standard InChI is InChI=1S/C57H85N9O12S/c1-11-35(9)47-54(72)61-41(29-33(5)6)51(69)62-46(34(7)8)57(75)66-27-17-21-45(66)56(74)65-26-16-20-44(65)53(71)60-43(31-38-22-24-39(25-23-38)79(76,77)78)50(68)59-42(30-37-18-14-13-15-19-37)49(67)58-40(28-32(3)4)52(70)63-48(36(10)12-2)55(73)64-47/h13-15,18-19,22-25,32-36,40-48H,11-12,16-17,20-21,26-31H2,1-10H3,(H,58,67)(H,59,68)(H,60,71)(H,61,72)(H,62,69)(H,63,70)(H,64,73)(H,76,77,78)/t35-,36-,40-,41-,42-,43-,44-,45-,46-,47-,48-/m0/s1. The monoisotopic (exact) mass is 1120 g/mol. The molecule has 3 heterocycles. The number of nitrogens with one attached hydrogen (secondary N) is 7. The molecule has 3 aliphatic rings. The summed E-state index contributed by atoms with van der Waals surface area (Å²) in [6, 6.07) is 3.00. The quantitative estimate of drug-likeness (QED) is 0.127. The summed E-state index contributed by atoms with van der Waals surface area (Å²) in [5.74, 6) is -7.67. The predicted octanol–water partition coefficient (Wildman–Crippen LogP) is 2.95. The Morgan fingerprint density at radius 2 is 0.873 bits per heavy atom. The van der Waals surface area contributed by atoms with Gasteiger partial charge in [0.05, 0.1) is 4.90 Å². The van der Waals surface area contributed by atoms with Crippen molar-refractivity contribution in [2.24, 2.45) is 29.6 Å². The molecule has 9 amide bonds. The molecule has 21 nitrogen and oxygen atoms in total. The number of rotatable bonds is 14. The lowest BCUT2D eigenvalue weighted by molar-refractivity contribution is -0.148. The Labute approximate surface area is 465 Å². The molecule has 79 heavy (non-hydrogen) atoms. The van der Waals surface area contributed by atoms with Crippen molar-refractivity contribution < 1.29 is 56.1 Å². The number of hydrogen-bond acceptors (Lipinski definition) is 11. The van der Waals surface area contributed by atoms with Crippen LogP contribution in [0, 0.1) is 29.6 Å². The zero-order valence-corrected chi connectivity index (χ0v) is 48.3. The van der Waals surface area contributed by atoms with Gasteiger partial charge >= 0.3 is 0 Å². The van der Waals surface area contributed by atoms with Crippen LogP contribution < -0.4 is 37.2 Å². The summed E-state index contributed by atoms with van der Waals surface area (Å²) < 4.78 is 33.6. The fourth-order valence-corrected chi connectivity index (χ4v) is 10.9. The molecule has 2 aromatic rings. The molecule has 3 aliphatic heterocycles. The largest absolute Gasteiger partial charge is 0.343 e. The van der Waals surface area contributed by atoms with Crippen molar-refractivity contribution in [3.05, 3.63) is 65.7 Å². The zero-order chi connectivity index (χ0) is 58.5. The Kier molecular flexibility index (Phi) is 23.0. The molecular formula is C57H85N9O12S. The Hall–Kier alpha value is -6.42. The van der Waals surface area contributed by atoms with E-state index in [-0.39, 0.29) is 63.5 Å². The van der Waals surface area contributed by atoms with Gasteiger partial charge in [-0.1, -0.05) is 125 Å². The lowest BCUT2D eigenvalue weighted by Gasteiger charge is -2.35. The molecule has 0 aliphatic carbocycles. The van der Waals surface area contributed by atoms with Crippen molar-refractivity contribution in [3.8, 4) is 0 Å². The van der Waals surface area contributed by atoms with Crippen molar-refractivity contribution in [3.63, 3.8) is 0 Å². The fraction of sp³-hybridized carbons (Fsp3) is 0.632. The normalized spacial score (nSPS) is 26.8. The second kappa shape index (κ2) is 28.6. The first-order chi connectivity index (χ1) is 37.2. The van der Waals surface area contributed by atoms with Gasteiger partial charge in [-0.3, -0.25) is 47.7 Å². The van der Waals surface area contributed by atoms with E-state index in [1.165, 1.54) is 21.9 Å². The van der Waals surface area contributed by atoms with E-state index in [4.69, 9.17) is 0 Å². The average Bonchev–Trinajstić information content (AvgIpc) is 4.12. The van der Waals surface area contributed by atoms with Crippen LogP contribution in [0.25, 0.3) is 0 Å². The average molecular weight is 1120 g/mol. The van der Waals surface area contributed by atoms with Gasteiger partial charge in [-0.05, 0) is 91.4 Å². The Bertz CT molecular complexity index is 2600. The van der Waals surface area contributed by atoms with Gasteiger partial charge in [0.25, 0.3) is 10.1 Å². The Morgan fingerprint density at radius 3 is 1.34 bits per heavy atom. The maximum atomic E-state index is 14.8. The van der Waals surface area contributed by atoms with Gasteiger partial charge in [0.2, 0.25) is 53.2 Å². The number of fused-ring (bicyclic) bond motifs is 2. The number of nitrogens with zero attached hydrogens (tertiary/aromatic N) is 2. The van der Waals surface area contributed by atoms with E-state index >= 15 is 0 Å². The van der Waals surface area contributed by atoms with Crippen molar-refractivity contribution in [1.82, 2.24) is 47.0 Å². The zero-order valence-electron chi connectivity index (χ0n) is 47.5. The van der Waals surface area contributed by atoms with Crippen LogP contribution in [0.3, 0.4) is 0 Å². The van der Waals surface area contributed by atoms with Gasteiger partial charge in [-0.15, -0.1) is 0 Å². The summed E-state index contributed by atoms with van der Waals surface area (Å²) >= 11 is 0. The van der Waals surface area contributed by atoms with E-state index in [1.54, 1.807) is 58.0 Å². The molecule has 2 aromatic carbocycles. The third-order valence-corrected chi connectivity index (χ3v) is 16.2. The number of amides is 9. The Balaban J connectivity index is 1.63. The summed E-state index contributed by atoms with van der Waals surface area (Å²) in [6.45, 7) is 18.5. The van der Waals surface area contributed by atoms with Crippen molar-refractivity contribution >= 4 is 63.3 Å². The molecule has 0 bridgehead atoms. The van der Waals surface area contributed by atoms with E-state index in [2.05, 4.69) is 37.2 Å². The fourth-order valence-electron chi connectivity index (χ4n) is 10.4. The molecule has 11 atom stereocenters. The second-order valence-electron chi connectivity index (χ2n) is 22.9. The van der Waals surface area contributed by atoms with Crippen LogP contribution in [0.15, 0.2) is 59.5 Å². The lowest BCUT2D eigenvalue weighted by Crippen LogP contribution is -2.62. The third kappa shape index (κ3) is 17.3. The van der Waals surface area contributed by atoms with Crippen LogP contribution in [-0.2, 0) is 66.1 Å². The molecule has 0 spiro atoms. The molecule has 8 N–H and O–H groups in total. The lowest BCUT2D eigenvalue weighted by atomic mass is 9.93. The van der Waals surface area contributed by atoms with E-state index < -0.39 is 140 Å². The van der Waals surface area contributed by atoms with Crippen LogP contribution >= 0.6 is 0 Å². The molecule has 436 valence electrons. The minimum absolute atomic E-state index is 0.0760. The first-order valence-corrected chi connectivity index (χ1v) is 29.5. The van der Waals surface area contributed by atoms with Gasteiger partial charge in [0.15, 0.2) is 0 Å². The highest BCUT2D eigenvalue weighted by Gasteiger charge is 2.45. The number of carbonyl (C=O) groups excluding carboxylic acids is 9. The second-order valence-corrected chi connectivity index (χ2v) is 24.3. The van der Waals surface area contributed by atoms with Crippen LogP contribution in [0.2, 0.25) is 0 Å². The molecule has 0 unspecified atom stereocenters. The number of carbonyl (C=O) groups is 9. The first kappa shape index (κ1) is 63.4. The van der Waals surface area contributed by atoms with E-state index in [9.17, 15) is 56.1 Å². The van der Waals surface area contributed by atoms with Gasteiger partial charge in [-0.25, -0.2) is 0 Å². The van der Waals surface area contributed by atoms with Gasteiger partial charge < -0.3 is 47.0 Å². The molecule has 22 heteroatoms. The molecule has 5 rings (SSSR count). The highest BCUT2D eigenvalue weighted by molar-refractivity contribution is 7.85. The summed E-state index contributed by atoms with van der Waals surface area (Å²) in [5, 5.41) is 20.0. The van der Waals surface area contributed by atoms with E-state index in [1.807, 2.05) is 41.5 Å². The smallest absolute Gasteiger partial charge is 0.294 e.